The molecule has 0 aromatic carbocycles. The largest absolute Gasteiger partial charge is 0.490 e. The van der Waals surface area contributed by atoms with E-state index in [9.17, 15) is 22.8 Å². The second kappa shape index (κ2) is 10.4. The molecular formula is C21H26F3N9O4. The van der Waals surface area contributed by atoms with Crippen molar-refractivity contribution in [3.63, 3.8) is 0 Å². The van der Waals surface area contributed by atoms with Gasteiger partial charge in [-0.25, -0.2) is 14.3 Å². The Kier molecular flexibility index (Phi) is 7.71. The van der Waals surface area contributed by atoms with Crippen LogP contribution in [0.3, 0.4) is 0 Å². The normalized spacial score (nSPS) is 17.8. The van der Waals surface area contributed by atoms with Crippen molar-refractivity contribution in [1.82, 2.24) is 24.4 Å². The zero-order valence-electron chi connectivity index (χ0n) is 19.7. The van der Waals surface area contributed by atoms with Gasteiger partial charge >= 0.3 is 12.1 Å². The van der Waals surface area contributed by atoms with E-state index in [0.717, 1.165) is 31.2 Å². The lowest BCUT2D eigenvalue weighted by Gasteiger charge is -2.29. The predicted octanol–water partition coefficient (Wildman–Crippen LogP) is 1.01. The minimum atomic E-state index is -5.08. The third-order valence-corrected chi connectivity index (χ3v) is 5.95. The number of amides is 2. The average molecular weight is 525 g/mol. The molecule has 13 nitrogen and oxygen atoms in total. The number of halogens is 3. The van der Waals surface area contributed by atoms with Crippen LogP contribution in [0.1, 0.15) is 64.9 Å². The summed E-state index contributed by atoms with van der Waals surface area (Å²) in [4.78, 5) is 37.5. The number of aromatic nitrogens is 5. The first kappa shape index (κ1) is 27.4. The monoisotopic (exact) mass is 525 g/mol. The number of carboxylic acids is 1. The number of nitrogens with two attached hydrogens (primary N) is 4. The first-order chi connectivity index (χ1) is 17.3. The minimum absolute atomic E-state index is 0.00487. The number of carboxylic acid groups (broad SMARTS) is 1. The summed E-state index contributed by atoms with van der Waals surface area (Å²) in [5.74, 6) is -3.88. The number of alkyl halides is 3. The van der Waals surface area contributed by atoms with Crippen LogP contribution in [0.2, 0.25) is 0 Å². The van der Waals surface area contributed by atoms with Gasteiger partial charge in [0.2, 0.25) is 0 Å². The van der Waals surface area contributed by atoms with Crippen molar-refractivity contribution in [3.05, 3.63) is 29.2 Å². The first-order valence-corrected chi connectivity index (χ1v) is 11.2. The first-order valence-electron chi connectivity index (χ1n) is 11.2. The smallest absolute Gasteiger partial charge is 0.475 e. The topological polar surface area (TPSA) is 224 Å². The molecule has 3 aromatic heterocycles. The Labute approximate surface area is 207 Å². The van der Waals surface area contributed by atoms with E-state index in [2.05, 4.69) is 15.2 Å². The van der Waals surface area contributed by atoms with Crippen molar-refractivity contribution in [2.75, 3.05) is 5.73 Å². The van der Waals surface area contributed by atoms with E-state index in [4.69, 9.17) is 32.8 Å². The Hall–Kier alpha value is -4.21. The molecule has 0 saturated heterocycles. The number of nitrogens with zero attached hydrogens (tertiary/aromatic N) is 5. The van der Waals surface area contributed by atoms with Crippen molar-refractivity contribution in [2.24, 2.45) is 17.2 Å². The summed E-state index contributed by atoms with van der Waals surface area (Å²) in [6.45, 7) is 2.37. The highest BCUT2D eigenvalue weighted by Crippen LogP contribution is 2.36. The molecule has 3 heterocycles. The number of carbonyl (C=O) groups excluding carboxylic acids is 2. The number of aryl methyl sites for hydroxylation is 1. The lowest BCUT2D eigenvalue weighted by atomic mass is 9.81. The number of hydrogen-bond donors (Lipinski definition) is 5. The fraction of sp³-hybridized carbons (Fsp3) is 0.429. The number of carbonyl (C=O) groups is 3. The third-order valence-electron chi connectivity index (χ3n) is 5.95. The third kappa shape index (κ3) is 5.63. The minimum Gasteiger partial charge on any atom is -0.475 e. The fourth-order valence-electron chi connectivity index (χ4n) is 4.18. The average Bonchev–Trinajstić information content (AvgIpc) is 3.40. The van der Waals surface area contributed by atoms with Crippen molar-refractivity contribution in [3.8, 4) is 11.3 Å². The molecule has 1 aliphatic rings. The van der Waals surface area contributed by atoms with Gasteiger partial charge in [0.1, 0.15) is 17.1 Å². The number of rotatable bonds is 5. The van der Waals surface area contributed by atoms with Crippen LogP contribution >= 0.6 is 0 Å². The molecule has 2 atom stereocenters. The van der Waals surface area contributed by atoms with Crippen molar-refractivity contribution < 1.29 is 32.7 Å². The van der Waals surface area contributed by atoms with Crippen LogP contribution in [0.15, 0.2) is 12.4 Å². The Morgan fingerprint density at radius 1 is 1.11 bits per heavy atom. The van der Waals surface area contributed by atoms with Gasteiger partial charge in [-0.15, -0.1) is 0 Å². The zero-order valence-corrected chi connectivity index (χ0v) is 19.7. The van der Waals surface area contributed by atoms with E-state index < -0.39 is 24.0 Å². The predicted molar refractivity (Wildman–Crippen MR) is 124 cm³/mol. The van der Waals surface area contributed by atoms with Crippen LogP contribution in [-0.4, -0.2) is 59.5 Å². The molecule has 0 radical (unpaired) electrons. The summed E-state index contributed by atoms with van der Waals surface area (Å²) in [5, 5.41) is 15.8. The quantitative estimate of drug-likeness (QED) is 0.320. The molecule has 200 valence electrons. The van der Waals surface area contributed by atoms with Gasteiger partial charge in [0.25, 0.3) is 11.8 Å². The second-order valence-corrected chi connectivity index (χ2v) is 8.41. The Morgan fingerprint density at radius 3 is 2.24 bits per heavy atom. The molecule has 1 saturated carbocycles. The fourth-order valence-corrected chi connectivity index (χ4v) is 4.18. The number of fused-ring (bicyclic) bond motifs is 1. The number of hydrogen-bond acceptors (Lipinski definition) is 8. The molecular weight excluding hydrogens is 499 g/mol. The summed E-state index contributed by atoms with van der Waals surface area (Å²) >= 11 is 0. The molecule has 0 spiro atoms. The van der Waals surface area contributed by atoms with Crippen LogP contribution in [0, 0.1) is 0 Å². The van der Waals surface area contributed by atoms with Crippen molar-refractivity contribution in [2.45, 2.75) is 57.3 Å². The van der Waals surface area contributed by atoms with Gasteiger partial charge in [-0.05, 0) is 19.8 Å². The van der Waals surface area contributed by atoms with Gasteiger partial charge in [0.15, 0.2) is 11.3 Å². The SMILES string of the molecule is CCn1cc(-c2nn3cc([C@H]4CCCC[C@@H]4N)c(N)nc3c2C(N)=O)c(C(N)=O)n1.O=C(O)C(F)(F)F. The van der Waals surface area contributed by atoms with Gasteiger partial charge in [0.05, 0.1) is 5.56 Å². The van der Waals surface area contributed by atoms with E-state index in [1.54, 1.807) is 17.1 Å². The highest BCUT2D eigenvalue weighted by atomic mass is 19.4. The summed E-state index contributed by atoms with van der Waals surface area (Å²) in [7, 11) is 0. The van der Waals surface area contributed by atoms with Crippen LogP contribution in [0.4, 0.5) is 19.0 Å². The molecule has 4 rings (SSSR count). The van der Waals surface area contributed by atoms with Crippen LogP contribution in [0.5, 0.6) is 0 Å². The molecule has 3 aromatic rings. The second-order valence-electron chi connectivity index (χ2n) is 8.41. The standard InChI is InChI=1S/C19H25N9O2.C2HF3O2/c1-2-27-7-11(15(25-27)18(23)30)14-13(17(22)29)19-24-16(21)10(8-28(19)26-14)9-5-3-4-6-12(9)20;3-2(4,5)1(6)7/h7-9,12H,2-6,20H2,1H3,(H2,21,24)(H2,22,29)(H2,23,30);(H,6,7)/t9-,12+;/m1./s1. The molecule has 1 aliphatic carbocycles. The van der Waals surface area contributed by atoms with Gasteiger partial charge in [-0.2, -0.15) is 23.4 Å². The molecule has 16 heteroatoms. The molecule has 37 heavy (non-hydrogen) atoms. The molecule has 1 fully saturated rings. The summed E-state index contributed by atoms with van der Waals surface area (Å²) in [5.41, 5.74) is 25.3. The van der Waals surface area contributed by atoms with E-state index in [1.807, 2.05) is 6.92 Å². The summed E-state index contributed by atoms with van der Waals surface area (Å²) < 4.78 is 34.7. The zero-order chi connectivity index (χ0) is 27.7. The number of anilines is 1. The van der Waals surface area contributed by atoms with Crippen molar-refractivity contribution in [1.29, 1.82) is 0 Å². The number of nitrogen functional groups attached to an aromatic ring is 1. The van der Waals surface area contributed by atoms with Gasteiger partial charge in [-0.3, -0.25) is 14.3 Å². The molecule has 0 bridgehead atoms. The summed E-state index contributed by atoms with van der Waals surface area (Å²) in [6, 6.07) is -0.0183. The van der Waals surface area contributed by atoms with E-state index in [-0.39, 0.29) is 40.4 Å². The lowest BCUT2D eigenvalue weighted by molar-refractivity contribution is -0.192. The van der Waals surface area contributed by atoms with Crippen LogP contribution in [-0.2, 0) is 11.3 Å². The van der Waals surface area contributed by atoms with Gasteiger partial charge in [-0.1, -0.05) is 12.8 Å². The molecule has 0 aliphatic heterocycles. The molecule has 2 amide bonds. The van der Waals surface area contributed by atoms with Crippen molar-refractivity contribution >= 4 is 29.2 Å². The Morgan fingerprint density at radius 2 is 1.73 bits per heavy atom. The Balaban J connectivity index is 0.000000479. The van der Waals surface area contributed by atoms with E-state index in [1.165, 1.54) is 4.52 Å². The van der Waals surface area contributed by atoms with Gasteiger partial charge in [0, 0.05) is 36.5 Å². The molecule has 9 N–H and O–H groups in total. The maximum atomic E-state index is 12.3. The highest BCUT2D eigenvalue weighted by molar-refractivity contribution is 6.07. The highest BCUT2D eigenvalue weighted by Gasteiger charge is 2.38. The Bertz CT molecular complexity index is 1350. The number of aliphatic carboxylic acids is 1. The number of primary amides is 2. The van der Waals surface area contributed by atoms with E-state index in [0.29, 0.717) is 12.1 Å². The lowest BCUT2D eigenvalue weighted by Crippen LogP contribution is -2.32. The maximum Gasteiger partial charge on any atom is 0.490 e. The summed E-state index contributed by atoms with van der Waals surface area (Å²) in [6.07, 6.45) is 2.24. The van der Waals surface area contributed by atoms with Crippen LogP contribution < -0.4 is 22.9 Å². The van der Waals surface area contributed by atoms with Gasteiger partial charge < -0.3 is 28.0 Å². The van der Waals surface area contributed by atoms with Crippen LogP contribution in [0.25, 0.3) is 16.9 Å². The maximum absolute atomic E-state index is 12.3. The van der Waals surface area contributed by atoms with E-state index >= 15 is 0 Å². The molecule has 0 unspecified atom stereocenters.